The van der Waals surface area contributed by atoms with Crippen molar-refractivity contribution in [2.24, 2.45) is 0 Å². The van der Waals surface area contributed by atoms with Crippen molar-refractivity contribution >= 4 is 22.9 Å². The summed E-state index contributed by atoms with van der Waals surface area (Å²) in [6, 6.07) is 6.24. The maximum atomic E-state index is 6.26. The molecule has 0 aliphatic carbocycles. The highest BCUT2D eigenvalue weighted by Crippen LogP contribution is 2.32. The lowest BCUT2D eigenvalue weighted by molar-refractivity contribution is 0.564. The first-order valence-corrected chi connectivity index (χ1v) is 7.64. The molecule has 1 heterocycles. The van der Waals surface area contributed by atoms with Crippen molar-refractivity contribution in [2.75, 3.05) is 6.54 Å². The molecular formula is C14H18ClN3S. The van der Waals surface area contributed by atoms with Crippen molar-refractivity contribution in [3.05, 3.63) is 33.8 Å². The van der Waals surface area contributed by atoms with E-state index in [4.69, 9.17) is 11.6 Å². The van der Waals surface area contributed by atoms with Gasteiger partial charge in [0, 0.05) is 5.56 Å². The fourth-order valence-electron chi connectivity index (χ4n) is 1.76. The van der Waals surface area contributed by atoms with Crippen LogP contribution in [0, 0.1) is 6.92 Å². The number of hydrogen-bond acceptors (Lipinski definition) is 4. The molecule has 102 valence electrons. The number of benzene rings is 1. The zero-order valence-electron chi connectivity index (χ0n) is 11.4. The van der Waals surface area contributed by atoms with Gasteiger partial charge in [-0.3, -0.25) is 0 Å². The number of hydrogen-bond donors (Lipinski definition) is 1. The summed E-state index contributed by atoms with van der Waals surface area (Å²) >= 11 is 7.86. The van der Waals surface area contributed by atoms with Gasteiger partial charge in [-0.2, -0.15) is 0 Å². The summed E-state index contributed by atoms with van der Waals surface area (Å²) in [6.45, 7) is 7.27. The molecule has 1 aromatic heterocycles. The van der Waals surface area contributed by atoms with Crippen LogP contribution >= 0.6 is 22.9 Å². The van der Waals surface area contributed by atoms with Gasteiger partial charge in [0.05, 0.1) is 11.1 Å². The van der Waals surface area contributed by atoms with Crippen molar-refractivity contribution in [3.8, 4) is 10.6 Å². The smallest absolute Gasteiger partial charge is 0.149 e. The van der Waals surface area contributed by atoms with Gasteiger partial charge in [0.15, 0.2) is 0 Å². The Bertz CT molecular complexity index is 553. The minimum absolute atomic E-state index is 0.232. The lowest BCUT2D eigenvalue weighted by atomic mass is 10.2. The highest BCUT2D eigenvalue weighted by Gasteiger charge is 2.14. The van der Waals surface area contributed by atoms with E-state index in [1.54, 1.807) is 11.3 Å². The molecule has 1 aromatic carbocycles. The van der Waals surface area contributed by atoms with Crippen LogP contribution in [0.3, 0.4) is 0 Å². The second-order valence-corrected chi connectivity index (χ2v) is 6.02. The third kappa shape index (κ3) is 3.53. The van der Waals surface area contributed by atoms with Crippen LogP contribution in [0.25, 0.3) is 10.6 Å². The maximum Gasteiger partial charge on any atom is 0.149 e. The van der Waals surface area contributed by atoms with Crippen LogP contribution in [0.2, 0.25) is 5.02 Å². The summed E-state index contributed by atoms with van der Waals surface area (Å²) in [5, 5.41) is 14.5. The highest BCUT2D eigenvalue weighted by molar-refractivity contribution is 7.14. The zero-order valence-corrected chi connectivity index (χ0v) is 13.0. The van der Waals surface area contributed by atoms with Gasteiger partial charge in [-0.1, -0.05) is 42.0 Å². The van der Waals surface area contributed by atoms with E-state index in [1.807, 2.05) is 25.1 Å². The third-order valence-electron chi connectivity index (χ3n) is 2.87. The first kappa shape index (κ1) is 14.4. The lowest BCUT2D eigenvalue weighted by Gasteiger charge is -2.08. The predicted octanol–water partition coefficient (Wildman–Crippen LogP) is 4.23. The van der Waals surface area contributed by atoms with E-state index in [2.05, 4.69) is 29.4 Å². The fourth-order valence-corrected chi connectivity index (χ4v) is 3.05. The summed E-state index contributed by atoms with van der Waals surface area (Å²) in [5.41, 5.74) is 2.11. The molecule has 2 aromatic rings. The Morgan fingerprint density at radius 3 is 2.84 bits per heavy atom. The molecule has 0 aliphatic heterocycles. The Balaban J connectivity index is 2.20. The number of aromatic nitrogens is 2. The van der Waals surface area contributed by atoms with E-state index in [1.165, 1.54) is 0 Å². The average Bonchev–Trinajstić information content (AvgIpc) is 2.85. The molecular weight excluding hydrogens is 278 g/mol. The second-order valence-electron chi connectivity index (χ2n) is 4.60. The predicted molar refractivity (Wildman–Crippen MR) is 81.8 cm³/mol. The first-order chi connectivity index (χ1) is 9.11. The largest absolute Gasteiger partial charge is 0.308 e. The van der Waals surface area contributed by atoms with Gasteiger partial charge in [-0.05, 0) is 38.4 Å². The summed E-state index contributed by atoms with van der Waals surface area (Å²) in [4.78, 5) is 0. The average molecular weight is 296 g/mol. The van der Waals surface area contributed by atoms with Crippen LogP contribution in [0.1, 0.15) is 36.9 Å². The lowest BCUT2D eigenvalue weighted by Crippen LogP contribution is -2.18. The normalized spacial score (nSPS) is 12.6. The van der Waals surface area contributed by atoms with E-state index in [9.17, 15) is 0 Å². The number of nitrogens with one attached hydrogen (secondary N) is 1. The number of nitrogens with zero attached hydrogens (tertiary/aromatic N) is 2. The molecule has 1 N–H and O–H groups in total. The zero-order chi connectivity index (χ0) is 13.8. The molecule has 1 unspecified atom stereocenters. The molecule has 0 saturated carbocycles. The minimum atomic E-state index is 0.232. The Labute approximate surface area is 123 Å². The monoisotopic (exact) mass is 295 g/mol. The van der Waals surface area contributed by atoms with E-state index >= 15 is 0 Å². The highest BCUT2D eigenvalue weighted by atomic mass is 35.5. The van der Waals surface area contributed by atoms with E-state index in [0.29, 0.717) is 0 Å². The minimum Gasteiger partial charge on any atom is -0.308 e. The van der Waals surface area contributed by atoms with Gasteiger partial charge in [0.1, 0.15) is 10.0 Å². The standard InChI is InChI=1S/C14H18ClN3S/c1-4-7-16-10(3)13-17-18-14(19-13)11-6-5-9(2)8-12(11)15/h5-6,8,10,16H,4,7H2,1-3H3. The van der Waals surface area contributed by atoms with Crippen LogP contribution in [0.5, 0.6) is 0 Å². The van der Waals surface area contributed by atoms with Crippen LogP contribution in [-0.2, 0) is 0 Å². The van der Waals surface area contributed by atoms with Crippen molar-refractivity contribution in [1.29, 1.82) is 0 Å². The molecule has 0 aliphatic rings. The summed E-state index contributed by atoms with van der Waals surface area (Å²) < 4.78 is 0. The molecule has 0 radical (unpaired) electrons. The fraction of sp³-hybridized carbons (Fsp3) is 0.429. The Kier molecular flexibility index (Phi) is 4.91. The second kappa shape index (κ2) is 6.46. The molecule has 3 nitrogen and oxygen atoms in total. The molecule has 0 fully saturated rings. The van der Waals surface area contributed by atoms with Crippen LogP contribution in [0.4, 0.5) is 0 Å². The van der Waals surface area contributed by atoms with Crippen LogP contribution in [0.15, 0.2) is 18.2 Å². The van der Waals surface area contributed by atoms with Gasteiger partial charge in [-0.15, -0.1) is 10.2 Å². The molecule has 0 amide bonds. The first-order valence-electron chi connectivity index (χ1n) is 6.45. The summed E-state index contributed by atoms with van der Waals surface area (Å²) in [6.07, 6.45) is 1.11. The van der Waals surface area contributed by atoms with Crippen molar-refractivity contribution in [1.82, 2.24) is 15.5 Å². The number of rotatable bonds is 5. The molecule has 0 bridgehead atoms. The van der Waals surface area contributed by atoms with Gasteiger partial charge in [0.25, 0.3) is 0 Å². The third-order valence-corrected chi connectivity index (χ3v) is 4.32. The van der Waals surface area contributed by atoms with Gasteiger partial charge < -0.3 is 5.32 Å². The van der Waals surface area contributed by atoms with Crippen LogP contribution < -0.4 is 5.32 Å². The molecule has 1 atom stereocenters. The van der Waals surface area contributed by atoms with Crippen molar-refractivity contribution in [3.63, 3.8) is 0 Å². The maximum absolute atomic E-state index is 6.26. The number of halogens is 1. The van der Waals surface area contributed by atoms with Gasteiger partial charge >= 0.3 is 0 Å². The topological polar surface area (TPSA) is 37.8 Å². The Morgan fingerprint density at radius 1 is 1.37 bits per heavy atom. The van der Waals surface area contributed by atoms with Gasteiger partial charge in [-0.25, -0.2) is 0 Å². The van der Waals surface area contributed by atoms with E-state index < -0.39 is 0 Å². The Morgan fingerprint density at radius 2 is 2.16 bits per heavy atom. The molecule has 19 heavy (non-hydrogen) atoms. The SMILES string of the molecule is CCCNC(C)c1nnc(-c2ccc(C)cc2Cl)s1. The summed E-state index contributed by atoms with van der Waals surface area (Å²) in [5.74, 6) is 0. The summed E-state index contributed by atoms with van der Waals surface area (Å²) in [7, 11) is 0. The van der Waals surface area contributed by atoms with Crippen LogP contribution in [-0.4, -0.2) is 16.7 Å². The quantitative estimate of drug-likeness (QED) is 0.897. The van der Waals surface area contributed by atoms with Crippen molar-refractivity contribution < 1.29 is 0 Å². The van der Waals surface area contributed by atoms with Crippen molar-refractivity contribution in [2.45, 2.75) is 33.2 Å². The molecule has 2 rings (SSSR count). The molecule has 0 spiro atoms. The van der Waals surface area contributed by atoms with E-state index in [0.717, 1.165) is 39.1 Å². The van der Waals surface area contributed by atoms with E-state index in [-0.39, 0.29) is 6.04 Å². The Hall–Kier alpha value is -0.970. The number of aryl methyl sites for hydroxylation is 1. The molecule has 0 saturated heterocycles. The van der Waals surface area contributed by atoms with Gasteiger partial charge in [0.2, 0.25) is 0 Å². The molecule has 5 heteroatoms.